The van der Waals surface area contributed by atoms with Crippen LogP contribution in [0.25, 0.3) is 10.8 Å². The van der Waals surface area contributed by atoms with Gasteiger partial charge < -0.3 is 10.8 Å². The van der Waals surface area contributed by atoms with Gasteiger partial charge in [-0.2, -0.15) is 0 Å². The van der Waals surface area contributed by atoms with Gasteiger partial charge in [-0.25, -0.2) is 0 Å². The summed E-state index contributed by atoms with van der Waals surface area (Å²) in [6.45, 7) is 2.11. The van der Waals surface area contributed by atoms with Crippen LogP contribution in [-0.4, -0.2) is 11.1 Å². The van der Waals surface area contributed by atoms with Crippen LogP contribution >= 0.6 is 0 Å². The molecule has 4 N–H and O–H groups in total. The van der Waals surface area contributed by atoms with Crippen molar-refractivity contribution in [1.82, 2.24) is 0 Å². The highest BCUT2D eigenvalue weighted by Crippen LogP contribution is 2.21. The van der Waals surface area contributed by atoms with E-state index >= 15 is 0 Å². The zero-order valence-electron chi connectivity index (χ0n) is 8.90. The minimum Gasteiger partial charge on any atom is -0.508 e. The quantitative estimate of drug-likeness (QED) is 0.765. The van der Waals surface area contributed by atoms with E-state index in [-0.39, 0.29) is 0 Å². The zero-order chi connectivity index (χ0) is 10.8. The van der Waals surface area contributed by atoms with Crippen LogP contribution in [0.4, 0.5) is 0 Å². The summed E-state index contributed by atoms with van der Waals surface area (Å²) in [5.41, 5.74) is 5.29. The van der Waals surface area contributed by atoms with Gasteiger partial charge in [0.15, 0.2) is 0 Å². The van der Waals surface area contributed by atoms with E-state index in [1.54, 1.807) is 12.1 Å². The summed E-state index contributed by atoms with van der Waals surface area (Å²) < 4.78 is 0. The fourth-order valence-corrected chi connectivity index (χ4v) is 1.81. The van der Waals surface area contributed by atoms with Crippen LogP contribution in [0.3, 0.4) is 0 Å². The first kappa shape index (κ1) is 9.99. The van der Waals surface area contributed by atoms with Crippen molar-refractivity contribution >= 4 is 10.8 Å². The minimum atomic E-state index is 0.320. The Hall–Kier alpha value is -1.54. The normalized spacial score (nSPS) is 12.9. The molecule has 0 fully saturated rings. The molecule has 0 saturated carbocycles. The molecule has 1 unspecified atom stereocenters. The maximum absolute atomic E-state index is 9.33. The standard InChI is InChI=1S/C13H15NO/c1-9(14)6-10-2-3-12-8-13(15)5-4-11(12)7-10/h2-5,7-9,15H,6,14H2,1H3/p+1. The molecule has 2 rings (SSSR count). The molecule has 78 valence electrons. The first-order valence-electron chi connectivity index (χ1n) is 5.20. The summed E-state index contributed by atoms with van der Waals surface area (Å²) in [5, 5.41) is 11.6. The van der Waals surface area contributed by atoms with E-state index in [0.29, 0.717) is 11.8 Å². The van der Waals surface area contributed by atoms with Gasteiger partial charge in [-0.15, -0.1) is 0 Å². The number of quaternary nitrogens is 1. The van der Waals surface area contributed by atoms with Crippen molar-refractivity contribution in [2.24, 2.45) is 0 Å². The third-order valence-electron chi connectivity index (χ3n) is 2.47. The predicted octanol–water partition coefficient (Wildman–Crippen LogP) is 1.72. The van der Waals surface area contributed by atoms with Crippen LogP contribution < -0.4 is 5.73 Å². The molecule has 0 saturated heterocycles. The maximum Gasteiger partial charge on any atom is 0.116 e. The lowest BCUT2D eigenvalue weighted by atomic mass is 10.0. The van der Waals surface area contributed by atoms with Crippen LogP contribution in [0.2, 0.25) is 0 Å². The van der Waals surface area contributed by atoms with Gasteiger partial charge in [0.2, 0.25) is 0 Å². The van der Waals surface area contributed by atoms with Crippen LogP contribution in [0.1, 0.15) is 12.5 Å². The Morgan fingerprint density at radius 2 is 1.80 bits per heavy atom. The van der Waals surface area contributed by atoms with E-state index in [4.69, 9.17) is 0 Å². The Bertz CT molecular complexity index is 477. The van der Waals surface area contributed by atoms with Gasteiger partial charge in [-0.3, -0.25) is 0 Å². The number of phenols is 1. The Labute approximate surface area is 89.3 Å². The van der Waals surface area contributed by atoms with Gasteiger partial charge in [-0.1, -0.05) is 24.3 Å². The van der Waals surface area contributed by atoms with Crippen molar-refractivity contribution in [3.8, 4) is 5.75 Å². The van der Waals surface area contributed by atoms with Gasteiger partial charge in [-0.05, 0) is 35.4 Å². The number of hydrogen-bond acceptors (Lipinski definition) is 1. The lowest BCUT2D eigenvalue weighted by Gasteiger charge is -2.05. The van der Waals surface area contributed by atoms with E-state index < -0.39 is 0 Å². The zero-order valence-corrected chi connectivity index (χ0v) is 8.90. The Balaban J connectivity index is 2.43. The molecule has 0 heterocycles. The van der Waals surface area contributed by atoms with Crippen LogP contribution in [0.5, 0.6) is 5.75 Å². The van der Waals surface area contributed by atoms with E-state index in [1.165, 1.54) is 10.9 Å². The number of phenolic OH excluding ortho intramolecular Hbond substituents is 1. The van der Waals surface area contributed by atoms with Gasteiger partial charge in [0.25, 0.3) is 0 Å². The fourth-order valence-electron chi connectivity index (χ4n) is 1.81. The average molecular weight is 202 g/mol. The fraction of sp³-hybridized carbons (Fsp3) is 0.231. The third kappa shape index (κ3) is 2.28. The highest BCUT2D eigenvalue weighted by Gasteiger charge is 2.02. The monoisotopic (exact) mass is 202 g/mol. The summed E-state index contributed by atoms with van der Waals surface area (Å²) >= 11 is 0. The Morgan fingerprint density at radius 1 is 1.13 bits per heavy atom. The topological polar surface area (TPSA) is 47.9 Å². The number of fused-ring (bicyclic) bond motifs is 1. The molecular weight excluding hydrogens is 186 g/mol. The second kappa shape index (κ2) is 3.91. The van der Waals surface area contributed by atoms with E-state index in [2.05, 4.69) is 24.8 Å². The molecular formula is C13H16NO+. The smallest absolute Gasteiger partial charge is 0.116 e. The molecule has 2 nitrogen and oxygen atoms in total. The van der Waals surface area contributed by atoms with E-state index in [9.17, 15) is 5.11 Å². The third-order valence-corrected chi connectivity index (χ3v) is 2.47. The lowest BCUT2D eigenvalue weighted by molar-refractivity contribution is -0.413. The number of hydrogen-bond donors (Lipinski definition) is 2. The summed E-state index contributed by atoms with van der Waals surface area (Å²) in [4.78, 5) is 0. The molecule has 2 aromatic rings. The van der Waals surface area contributed by atoms with Crippen molar-refractivity contribution in [2.45, 2.75) is 19.4 Å². The predicted molar refractivity (Wildman–Crippen MR) is 61.7 cm³/mol. The van der Waals surface area contributed by atoms with Gasteiger partial charge >= 0.3 is 0 Å². The molecule has 1 atom stereocenters. The first-order valence-corrected chi connectivity index (χ1v) is 5.20. The number of aromatic hydroxyl groups is 1. The second-order valence-electron chi connectivity index (χ2n) is 4.18. The molecule has 0 aliphatic heterocycles. The van der Waals surface area contributed by atoms with Gasteiger partial charge in [0, 0.05) is 6.42 Å². The molecule has 0 spiro atoms. The van der Waals surface area contributed by atoms with E-state index in [0.717, 1.165) is 11.8 Å². The molecule has 2 heteroatoms. The van der Waals surface area contributed by atoms with Crippen molar-refractivity contribution < 1.29 is 10.8 Å². The van der Waals surface area contributed by atoms with Crippen molar-refractivity contribution in [2.75, 3.05) is 0 Å². The molecule has 0 bridgehead atoms. The molecule has 0 amide bonds. The highest BCUT2D eigenvalue weighted by molar-refractivity contribution is 5.84. The number of rotatable bonds is 2. The summed E-state index contributed by atoms with van der Waals surface area (Å²) in [6.07, 6.45) is 0.997. The summed E-state index contributed by atoms with van der Waals surface area (Å²) in [5.74, 6) is 0.320. The van der Waals surface area contributed by atoms with E-state index in [1.807, 2.05) is 12.1 Å². The van der Waals surface area contributed by atoms with Gasteiger partial charge in [0.05, 0.1) is 6.04 Å². The molecule has 0 radical (unpaired) electrons. The highest BCUT2D eigenvalue weighted by atomic mass is 16.3. The average Bonchev–Trinajstić information content (AvgIpc) is 2.17. The first-order chi connectivity index (χ1) is 7.15. The van der Waals surface area contributed by atoms with Crippen molar-refractivity contribution in [1.29, 1.82) is 0 Å². The van der Waals surface area contributed by atoms with Crippen LogP contribution in [0.15, 0.2) is 36.4 Å². The maximum atomic E-state index is 9.33. The molecule has 0 aromatic heterocycles. The molecule has 15 heavy (non-hydrogen) atoms. The van der Waals surface area contributed by atoms with Crippen molar-refractivity contribution in [3.05, 3.63) is 42.0 Å². The SMILES string of the molecule is CC([NH3+])Cc1ccc2cc(O)ccc2c1. The van der Waals surface area contributed by atoms with Gasteiger partial charge in [0.1, 0.15) is 5.75 Å². The second-order valence-corrected chi connectivity index (χ2v) is 4.18. The summed E-state index contributed by atoms with van der Waals surface area (Å²) in [6, 6.07) is 12.2. The largest absolute Gasteiger partial charge is 0.508 e. The van der Waals surface area contributed by atoms with Crippen LogP contribution in [0, 0.1) is 0 Å². The molecule has 0 aliphatic rings. The Morgan fingerprint density at radius 3 is 2.53 bits per heavy atom. The molecule has 2 aromatic carbocycles. The van der Waals surface area contributed by atoms with Crippen LogP contribution in [-0.2, 0) is 6.42 Å². The Kier molecular flexibility index (Phi) is 2.60. The molecule has 0 aliphatic carbocycles. The summed E-state index contributed by atoms with van der Waals surface area (Å²) in [7, 11) is 0. The lowest BCUT2D eigenvalue weighted by Crippen LogP contribution is -2.60. The van der Waals surface area contributed by atoms with Crippen molar-refractivity contribution in [3.63, 3.8) is 0 Å². The number of benzene rings is 2. The minimum absolute atomic E-state index is 0.320.